The standard InChI is InChI=1S/C28H28N2O6/c1-4-36-28(33)26-19(10-16-25(31)35-3)17-24(30(26)20-11-13-21(34-2)14-12-20)27(32)23-15-9-18-7-5-6-8-22(18)29-23/h5-9,11-15,17,27,32H,4,10,16H2,1-3H3. The first-order valence-corrected chi connectivity index (χ1v) is 11.6. The predicted octanol–water partition coefficient (Wildman–Crippen LogP) is 4.40. The van der Waals surface area contributed by atoms with Crippen molar-refractivity contribution in [2.45, 2.75) is 25.9 Å². The number of rotatable bonds is 9. The molecule has 1 atom stereocenters. The first-order valence-electron chi connectivity index (χ1n) is 11.6. The molecule has 8 heteroatoms. The van der Waals surface area contributed by atoms with E-state index in [1.807, 2.05) is 30.3 Å². The molecule has 36 heavy (non-hydrogen) atoms. The minimum absolute atomic E-state index is 0.0687. The minimum atomic E-state index is -1.16. The molecule has 0 aliphatic carbocycles. The predicted molar refractivity (Wildman–Crippen MR) is 134 cm³/mol. The lowest BCUT2D eigenvalue weighted by molar-refractivity contribution is -0.140. The summed E-state index contributed by atoms with van der Waals surface area (Å²) in [6, 6.07) is 20.1. The molecule has 4 rings (SSSR count). The highest BCUT2D eigenvalue weighted by Gasteiger charge is 2.28. The zero-order valence-electron chi connectivity index (χ0n) is 20.4. The van der Waals surface area contributed by atoms with Gasteiger partial charge in [0.05, 0.1) is 37.7 Å². The van der Waals surface area contributed by atoms with E-state index in [0.717, 1.165) is 10.9 Å². The molecule has 0 bridgehead atoms. The minimum Gasteiger partial charge on any atom is -0.497 e. The fraction of sp³-hybridized carbons (Fsp3) is 0.250. The van der Waals surface area contributed by atoms with Crippen molar-refractivity contribution in [2.24, 2.45) is 0 Å². The molecule has 0 aliphatic heterocycles. The van der Waals surface area contributed by atoms with Crippen LogP contribution < -0.4 is 4.74 Å². The van der Waals surface area contributed by atoms with Crippen LogP contribution in [-0.2, 0) is 20.7 Å². The highest BCUT2D eigenvalue weighted by atomic mass is 16.5. The fourth-order valence-corrected chi connectivity index (χ4v) is 4.13. The number of fused-ring (bicyclic) bond motifs is 1. The summed E-state index contributed by atoms with van der Waals surface area (Å²) in [6.07, 6.45) is -0.856. The van der Waals surface area contributed by atoms with Crippen LogP contribution in [0.4, 0.5) is 0 Å². The van der Waals surface area contributed by atoms with E-state index in [-0.39, 0.29) is 25.1 Å². The van der Waals surface area contributed by atoms with Crippen molar-refractivity contribution in [3.8, 4) is 11.4 Å². The van der Waals surface area contributed by atoms with E-state index in [4.69, 9.17) is 14.2 Å². The number of benzene rings is 2. The Hall–Kier alpha value is -4.17. The van der Waals surface area contributed by atoms with Crippen molar-refractivity contribution >= 4 is 22.8 Å². The molecule has 0 amide bonds. The van der Waals surface area contributed by atoms with Gasteiger partial charge in [-0.15, -0.1) is 0 Å². The van der Waals surface area contributed by atoms with Gasteiger partial charge in [-0.25, -0.2) is 9.78 Å². The Morgan fingerprint density at radius 2 is 1.78 bits per heavy atom. The van der Waals surface area contributed by atoms with E-state index >= 15 is 0 Å². The van der Waals surface area contributed by atoms with Crippen LogP contribution in [0, 0.1) is 0 Å². The molecule has 0 saturated heterocycles. The maximum absolute atomic E-state index is 13.2. The van der Waals surface area contributed by atoms with Gasteiger partial charge in [0.25, 0.3) is 0 Å². The number of aromatic nitrogens is 2. The molecule has 0 spiro atoms. The van der Waals surface area contributed by atoms with Gasteiger partial charge >= 0.3 is 11.9 Å². The zero-order chi connectivity index (χ0) is 25.7. The first-order chi connectivity index (χ1) is 17.5. The number of hydrogen-bond donors (Lipinski definition) is 1. The number of aryl methyl sites for hydroxylation is 1. The zero-order valence-corrected chi connectivity index (χ0v) is 20.4. The van der Waals surface area contributed by atoms with Gasteiger partial charge in [0.1, 0.15) is 17.5 Å². The number of aliphatic hydroxyl groups is 1. The van der Waals surface area contributed by atoms with E-state index in [1.165, 1.54) is 7.11 Å². The molecule has 0 saturated carbocycles. The highest BCUT2D eigenvalue weighted by molar-refractivity contribution is 5.91. The van der Waals surface area contributed by atoms with Gasteiger partial charge in [0.2, 0.25) is 0 Å². The summed E-state index contributed by atoms with van der Waals surface area (Å²) in [6.45, 7) is 1.90. The number of ether oxygens (including phenoxy) is 3. The van der Waals surface area contributed by atoms with Gasteiger partial charge < -0.3 is 23.9 Å². The molecule has 0 radical (unpaired) electrons. The third kappa shape index (κ3) is 5.08. The summed E-state index contributed by atoms with van der Waals surface area (Å²) in [5, 5.41) is 12.5. The molecule has 2 heterocycles. The largest absolute Gasteiger partial charge is 0.497 e. The Morgan fingerprint density at radius 1 is 1.03 bits per heavy atom. The van der Waals surface area contributed by atoms with E-state index in [0.29, 0.717) is 28.4 Å². The Balaban J connectivity index is 1.89. The van der Waals surface area contributed by atoms with Crippen molar-refractivity contribution in [3.05, 3.63) is 89.4 Å². The van der Waals surface area contributed by atoms with Gasteiger partial charge in [0.15, 0.2) is 0 Å². The quantitative estimate of drug-likeness (QED) is 0.349. The average Bonchev–Trinajstić information content (AvgIpc) is 3.30. The number of aliphatic hydroxyl groups excluding tert-OH is 1. The van der Waals surface area contributed by atoms with Gasteiger partial charge in [-0.2, -0.15) is 0 Å². The van der Waals surface area contributed by atoms with Crippen molar-refractivity contribution in [3.63, 3.8) is 0 Å². The van der Waals surface area contributed by atoms with E-state index in [2.05, 4.69) is 4.98 Å². The van der Waals surface area contributed by atoms with Crippen molar-refractivity contribution in [1.82, 2.24) is 9.55 Å². The molecule has 2 aromatic heterocycles. The number of hydrogen-bond acceptors (Lipinski definition) is 7. The van der Waals surface area contributed by atoms with E-state index in [9.17, 15) is 14.7 Å². The third-order valence-corrected chi connectivity index (χ3v) is 5.91. The van der Waals surface area contributed by atoms with Crippen molar-refractivity contribution in [1.29, 1.82) is 0 Å². The molecule has 0 fully saturated rings. The SMILES string of the molecule is CCOC(=O)c1c(CCC(=O)OC)cc(C(O)c2ccc3ccccc3n2)n1-c1ccc(OC)cc1. The van der Waals surface area contributed by atoms with E-state index < -0.39 is 18.0 Å². The van der Waals surface area contributed by atoms with Crippen LogP contribution >= 0.6 is 0 Å². The molecule has 4 aromatic rings. The monoisotopic (exact) mass is 488 g/mol. The third-order valence-electron chi connectivity index (χ3n) is 5.91. The lowest BCUT2D eigenvalue weighted by Gasteiger charge is -2.18. The Morgan fingerprint density at radius 3 is 2.47 bits per heavy atom. The Kier molecular flexibility index (Phi) is 7.65. The first kappa shape index (κ1) is 24.9. The lowest BCUT2D eigenvalue weighted by Crippen LogP contribution is -2.17. The molecule has 0 aliphatic rings. The second-order valence-electron chi connectivity index (χ2n) is 8.10. The average molecular weight is 489 g/mol. The number of esters is 2. The maximum atomic E-state index is 13.2. The molecule has 186 valence electrons. The van der Waals surface area contributed by atoms with Gasteiger partial charge in [-0.05, 0) is 61.4 Å². The Labute approximate surface area is 209 Å². The Bertz CT molecular complexity index is 1380. The lowest BCUT2D eigenvalue weighted by atomic mass is 10.1. The van der Waals surface area contributed by atoms with Gasteiger partial charge in [0, 0.05) is 17.5 Å². The summed E-state index contributed by atoms with van der Waals surface area (Å²) in [5.74, 6) is -0.314. The number of pyridine rings is 1. The molecular weight excluding hydrogens is 460 g/mol. The topological polar surface area (TPSA) is 99.9 Å². The molecule has 1 unspecified atom stereocenters. The maximum Gasteiger partial charge on any atom is 0.355 e. The number of carbonyl (C=O) groups is 2. The number of para-hydroxylation sites is 1. The van der Waals surface area contributed by atoms with Crippen molar-refractivity contribution < 1.29 is 28.9 Å². The summed E-state index contributed by atoms with van der Waals surface area (Å²) in [4.78, 5) is 29.7. The molecular formula is C28H28N2O6. The van der Waals surface area contributed by atoms with Gasteiger partial charge in [-0.1, -0.05) is 24.3 Å². The van der Waals surface area contributed by atoms with Crippen LogP contribution in [-0.4, -0.2) is 47.4 Å². The van der Waals surface area contributed by atoms with Crippen LogP contribution in [0.3, 0.4) is 0 Å². The van der Waals surface area contributed by atoms with Crippen molar-refractivity contribution in [2.75, 3.05) is 20.8 Å². The smallest absolute Gasteiger partial charge is 0.355 e. The molecule has 1 N–H and O–H groups in total. The highest BCUT2D eigenvalue weighted by Crippen LogP contribution is 2.32. The van der Waals surface area contributed by atoms with Crippen LogP contribution in [0.2, 0.25) is 0 Å². The second kappa shape index (κ2) is 11.0. The fourth-order valence-electron chi connectivity index (χ4n) is 4.13. The van der Waals surface area contributed by atoms with Crippen LogP contribution in [0.25, 0.3) is 16.6 Å². The summed E-state index contributed by atoms with van der Waals surface area (Å²) in [7, 11) is 2.89. The number of methoxy groups -OCH3 is 2. The molecule has 2 aromatic carbocycles. The summed E-state index contributed by atoms with van der Waals surface area (Å²) < 4.78 is 17.1. The van der Waals surface area contributed by atoms with Crippen LogP contribution in [0.1, 0.15) is 46.9 Å². The second-order valence-corrected chi connectivity index (χ2v) is 8.10. The summed E-state index contributed by atoms with van der Waals surface area (Å²) in [5.41, 5.74) is 3.01. The number of carbonyl (C=O) groups excluding carboxylic acids is 2. The summed E-state index contributed by atoms with van der Waals surface area (Å²) >= 11 is 0. The normalized spacial score (nSPS) is 11.8. The van der Waals surface area contributed by atoms with Crippen LogP contribution in [0.15, 0.2) is 66.7 Å². The van der Waals surface area contributed by atoms with E-state index in [1.54, 1.807) is 55.0 Å². The molecule has 8 nitrogen and oxygen atoms in total. The van der Waals surface area contributed by atoms with Crippen LogP contribution in [0.5, 0.6) is 5.75 Å². The number of nitrogens with zero attached hydrogens (tertiary/aromatic N) is 2. The van der Waals surface area contributed by atoms with Gasteiger partial charge in [-0.3, -0.25) is 4.79 Å².